The summed E-state index contributed by atoms with van der Waals surface area (Å²) in [5, 5.41) is 15.8. The number of pyridine rings is 2. The van der Waals surface area contributed by atoms with Crippen molar-refractivity contribution in [2.45, 2.75) is 77.8 Å². The largest absolute Gasteiger partial charge is 0.458 e. The molecule has 2 N–H and O–H groups in total. The zero-order valence-corrected chi connectivity index (χ0v) is 20.3. The van der Waals surface area contributed by atoms with Gasteiger partial charge >= 0.3 is 5.97 Å². The van der Waals surface area contributed by atoms with Gasteiger partial charge in [-0.05, 0) is 48.9 Å². The molecule has 1 aromatic carbocycles. The Morgan fingerprint density at radius 3 is 2.77 bits per heavy atom. The normalized spacial score (nSPS) is 22.3. The van der Waals surface area contributed by atoms with E-state index in [1.807, 2.05) is 6.92 Å². The molecule has 0 radical (unpaired) electrons. The van der Waals surface area contributed by atoms with Crippen LogP contribution in [0.15, 0.2) is 16.9 Å². The van der Waals surface area contributed by atoms with Crippen molar-refractivity contribution in [2.24, 2.45) is 0 Å². The molecule has 3 aliphatic rings. The van der Waals surface area contributed by atoms with E-state index in [1.54, 1.807) is 17.6 Å². The molecule has 4 heterocycles. The highest BCUT2D eigenvalue weighted by molar-refractivity contribution is 5.93. The Labute approximate surface area is 201 Å². The van der Waals surface area contributed by atoms with Gasteiger partial charge in [-0.3, -0.25) is 4.79 Å². The molecule has 8 heteroatoms. The Morgan fingerprint density at radius 2 is 2.06 bits per heavy atom. The molecule has 2 atom stereocenters. The van der Waals surface area contributed by atoms with Crippen LogP contribution in [-0.4, -0.2) is 26.7 Å². The Kier molecular flexibility index (Phi) is 4.76. The Hall–Kier alpha value is -3.10. The second-order valence-electron chi connectivity index (χ2n) is 10.2. The third-order valence-corrected chi connectivity index (χ3v) is 7.91. The molecule has 6 rings (SSSR count). The molecule has 0 saturated heterocycles. The highest BCUT2D eigenvalue weighted by Gasteiger charge is 2.45. The van der Waals surface area contributed by atoms with E-state index < -0.39 is 11.6 Å². The standard InChI is InChI=1S/C27H28FN3O4/c1-5-27(34)17-8-21-24-15(10-31(21)25(32)16(17)11-35-26(27)33)23-19(29-12(2)3)7-6-14-13(4)18(28)9-20(30-24)22(14)23/h8-9,12,19,29,34H,5-7,10-11H2,1-4H3/t19-,27-/m0/s1. The molecule has 3 aromatic rings. The summed E-state index contributed by atoms with van der Waals surface area (Å²) in [5.41, 5.74) is 3.76. The van der Waals surface area contributed by atoms with Crippen molar-refractivity contribution in [3.05, 3.63) is 61.7 Å². The van der Waals surface area contributed by atoms with E-state index in [0.29, 0.717) is 34.6 Å². The lowest BCUT2D eigenvalue weighted by Gasteiger charge is -2.31. The van der Waals surface area contributed by atoms with Gasteiger partial charge in [0.15, 0.2) is 5.60 Å². The first-order chi connectivity index (χ1) is 16.7. The summed E-state index contributed by atoms with van der Waals surface area (Å²) in [6.45, 7) is 7.85. The third kappa shape index (κ3) is 2.93. The van der Waals surface area contributed by atoms with Crippen LogP contribution < -0.4 is 10.9 Å². The van der Waals surface area contributed by atoms with Crippen LogP contribution in [0.1, 0.15) is 73.0 Å². The number of carbonyl (C=O) groups is 1. The van der Waals surface area contributed by atoms with Gasteiger partial charge in [-0.2, -0.15) is 0 Å². The molecule has 35 heavy (non-hydrogen) atoms. The summed E-state index contributed by atoms with van der Waals surface area (Å²) in [7, 11) is 0. The first-order valence-electron chi connectivity index (χ1n) is 12.2. The fourth-order valence-electron chi connectivity index (χ4n) is 6.12. The van der Waals surface area contributed by atoms with E-state index in [1.165, 1.54) is 6.07 Å². The molecule has 2 aliphatic heterocycles. The van der Waals surface area contributed by atoms with Gasteiger partial charge in [-0.15, -0.1) is 0 Å². The minimum atomic E-state index is -1.88. The number of carbonyl (C=O) groups excluding carboxylic acids is 1. The number of aromatic nitrogens is 2. The second-order valence-corrected chi connectivity index (χ2v) is 10.2. The van der Waals surface area contributed by atoms with E-state index in [9.17, 15) is 19.1 Å². The number of fused-ring (bicyclic) bond motifs is 5. The van der Waals surface area contributed by atoms with Crippen LogP contribution >= 0.6 is 0 Å². The third-order valence-electron chi connectivity index (χ3n) is 7.91. The Bertz CT molecular complexity index is 1510. The molecule has 7 nitrogen and oxygen atoms in total. The number of nitrogens with zero attached hydrogens (tertiary/aromatic N) is 2. The predicted molar refractivity (Wildman–Crippen MR) is 129 cm³/mol. The van der Waals surface area contributed by atoms with Crippen molar-refractivity contribution in [3.63, 3.8) is 0 Å². The number of aryl methyl sites for hydroxylation is 1. The number of benzene rings is 1. The van der Waals surface area contributed by atoms with Crippen LogP contribution in [0.4, 0.5) is 4.39 Å². The van der Waals surface area contributed by atoms with Crippen molar-refractivity contribution in [3.8, 4) is 11.4 Å². The number of halogens is 1. The monoisotopic (exact) mass is 477 g/mol. The number of rotatable bonds is 3. The van der Waals surface area contributed by atoms with Gasteiger partial charge < -0.3 is 19.7 Å². The van der Waals surface area contributed by atoms with Crippen LogP contribution in [0.5, 0.6) is 0 Å². The number of hydrogen-bond acceptors (Lipinski definition) is 6. The Balaban J connectivity index is 1.68. The molecule has 0 unspecified atom stereocenters. The number of esters is 1. The quantitative estimate of drug-likeness (QED) is 0.439. The Morgan fingerprint density at radius 1 is 1.29 bits per heavy atom. The summed E-state index contributed by atoms with van der Waals surface area (Å²) in [6.07, 6.45) is 1.65. The molecule has 0 amide bonds. The molecular formula is C27H28FN3O4. The average molecular weight is 478 g/mol. The van der Waals surface area contributed by atoms with Crippen LogP contribution in [0.3, 0.4) is 0 Å². The zero-order valence-electron chi connectivity index (χ0n) is 20.3. The summed E-state index contributed by atoms with van der Waals surface area (Å²) in [4.78, 5) is 30.9. The molecule has 0 spiro atoms. The van der Waals surface area contributed by atoms with E-state index in [4.69, 9.17) is 9.72 Å². The fourth-order valence-corrected chi connectivity index (χ4v) is 6.12. The molecule has 0 saturated carbocycles. The van der Waals surface area contributed by atoms with Gasteiger partial charge in [0.05, 0.1) is 29.0 Å². The molecular weight excluding hydrogens is 449 g/mol. The lowest BCUT2D eigenvalue weighted by Crippen LogP contribution is -2.44. The first-order valence-corrected chi connectivity index (χ1v) is 12.2. The topological polar surface area (TPSA) is 93.5 Å². The number of aliphatic hydroxyl groups is 1. The van der Waals surface area contributed by atoms with Gasteiger partial charge in [-0.1, -0.05) is 20.8 Å². The first kappa shape index (κ1) is 22.4. The molecule has 0 bridgehead atoms. The molecule has 1 aliphatic carbocycles. The van der Waals surface area contributed by atoms with Crippen LogP contribution in [0.25, 0.3) is 22.3 Å². The van der Waals surface area contributed by atoms with Crippen molar-refractivity contribution >= 4 is 16.9 Å². The molecule has 0 fully saturated rings. The maximum absolute atomic E-state index is 14.9. The maximum Gasteiger partial charge on any atom is 0.343 e. The van der Waals surface area contributed by atoms with Crippen molar-refractivity contribution < 1.29 is 19.0 Å². The lowest BCUT2D eigenvalue weighted by atomic mass is 9.81. The van der Waals surface area contributed by atoms with Crippen LogP contribution in [-0.2, 0) is 34.7 Å². The maximum atomic E-state index is 14.9. The van der Waals surface area contributed by atoms with Gasteiger partial charge in [0.2, 0.25) is 0 Å². The van der Waals surface area contributed by atoms with E-state index in [-0.39, 0.29) is 42.1 Å². The van der Waals surface area contributed by atoms with E-state index in [2.05, 4.69) is 19.2 Å². The van der Waals surface area contributed by atoms with Gasteiger partial charge in [0.1, 0.15) is 12.4 Å². The summed E-state index contributed by atoms with van der Waals surface area (Å²) >= 11 is 0. The molecule has 182 valence electrons. The number of nitrogens with one attached hydrogen (secondary N) is 1. The zero-order chi connectivity index (χ0) is 24.8. The van der Waals surface area contributed by atoms with Gasteiger partial charge in [-0.25, -0.2) is 14.2 Å². The van der Waals surface area contributed by atoms with Gasteiger partial charge in [0.25, 0.3) is 5.56 Å². The number of cyclic esters (lactones) is 1. The van der Waals surface area contributed by atoms with Crippen molar-refractivity contribution in [1.29, 1.82) is 0 Å². The van der Waals surface area contributed by atoms with Gasteiger partial charge in [0, 0.05) is 34.7 Å². The smallest absolute Gasteiger partial charge is 0.343 e. The lowest BCUT2D eigenvalue weighted by molar-refractivity contribution is -0.172. The SMILES string of the molecule is CC[C@@]1(O)C(=O)OCc2c1cc1n(c2=O)Cc2c-1nc1cc(F)c(C)c3c1c2[C@@H](NC(C)C)CC3. The van der Waals surface area contributed by atoms with Crippen LogP contribution in [0.2, 0.25) is 0 Å². The van der Waals surface area contributed by atoms with Crippen molar-refractivity contribution in [1.82, 2.24) is 14.9 Å². The predicted octanol–water partition coefficient (Wildman–Crippen LogP) is 3.51. The van der Waals surface area contributed by atoms with E-state index in [0.717, 1.165) is 34.9 Å². The van der Waals surface area contributed by atoms with Crippen LogP contribution in [0, 0.1) is 12.7 Å². The summed E-state index contributed by atoms with van der Waals surface area (Å²) < 4.78 is 21.7. The molecule has 2 aromatic heterocycles. The second kappa shape index (κ2) is 7.45. The number of ether oxygens (including phenoxy) is 1. The average Bonchev–Trinajstić information content (AvgIpc) is 3.19. The minimum Gasteiger partial charge on any atom is -0.458 e. The highest BCUT2D eigenvalue weighted by atomic mass is 19.1. The fraction of sp³-hybridized carbons (Fsp3) is 0.444. The summed E-state index contributed by atoms with van der Waals surface area (Å²) in [5.74, 6) is -1.04. The summed E-state index contributed by atoms with van der Waals surface area (Å²) in [6, 6.07) is 3.47. The van der Waals surface area contributed by atoms with Crippen molar-refractivity contribution in [2.75, 3.05) is 0 Å². The minimum absolute atomic E-state index is 0.0451. The highest BCUT2D eigenvalue weighted by Crippen LogP contribution is 2.46. The van der Waals surface area contributed by atoms with E-state index >= 15 is 0 Å². The number of hydrogen-bond donors (Lipinski definition) is 2.